The van der Waals surface area contributed by atoms with Crippen LogP contribution in [0, 0.1) is 0 Å². The molecule has 1 aliphatic heterocycles. The highest BCUT2D eigenvalue weighted by atomic mass is 16.2. The van der Waals surface area contributed by atoms with Gasteiger partial charge in [0.05, 0.1) is 35.3 Å². The third-order valence-electron chi connectivity index (χ3n) is 6.06. The van der Waals surface area contributed by atoms with Crippen LogP contribution in [0.25, 0.3) is 16.8 Å². The number of amides is 1. The summed E-state index contributed by atoms with van der Waals surface area (Å²) in [6.07, 6.45) is 8.87. The molecular formula is C25H28N8O. The normalized spacial score (nSPS) is 16.8. The summed E-state index contributed by atoms with van der Waals surface area (Å²) in [6, 6.07) is 9.21. The Morgan fingerprint density at radius 2 is 1.97 bits per heavy atom. The lowest BCUT2D eigenvalue weighted by Gasteiger charge is -2.30. The minimum Gasteiger partial charge on any atom is -0.320 e. The summed E-state index contributed by atoms with van der Waals surface area (Å²) in [7, 11) is 0. The third kappa shape index (κ3) is 4.22. The van der Waals surface area contributed by atoms with E-state index in [-0.39, 0.29) is 11.3 Å². The average Bonchev–Trinajstić information content (AvgIpc) is 3.26. The van der Waals surface area contributed by atoms with Crippen LogP contribution < -0.4 is 16.0 Å². The van der Waals surface area contributed by atoms with Crippen molar-refractivity contribution in [3.05, 3.63) is 60.7 Å². The van der Waals surface area contributed by atoms with E-state index < -0.39 is 6.04 Å². The van der Waals surface area contributed by atoms with Crippen LogP contribution in [0.15, 0.2) is 55.1 Å². The van der Waals surface area contributed by atoms with Crippen molar-refractivity contribution in [2.45, 2.75) is 45.1 Å². The number of fused-ring (bicyclic) bond motifs is 1. The molecule has 174 valence electrons. The maximum absolute atomic E-state index is 12.3. The van der Waals surface area contributed by atoms with E-state index in [1.807, 2.05) is 41.2 Å². The average molecular weight is 457 g/mol. The topological polar surface area (TPSA) is 114 Å². The van der Waals surface area contributed by atoms with E-state index in [0.29, 0.717) is 18.3 Å². The molecule has 5 rings (SSSR count). The Morgan fingerprint density at radius 1 is 1.12 bits per heavy atom. The van der Waals surface area contributed by atoms with Crippen LogP contribution in [0.3, 0.4) is 0 Å². The Balaban J connectivity index is 1.37. The van der Waals surface area contributed by atoms with Crippen molar-refractivity contribution in [3.8, 4) is 11.3 Å². The molecule has 1 aliphatic rings. The molecule has 0 spiro atoms. The number of anilines is 3. The van der Waals surface area contributed by atoms with Gasteiger partial charge in [0.15, 0.2) is 0 Å². The largest absolute Gasteiger partial charge is 0.320 e. The lowest BCUT2D eigenvalue weighted by Crippen LogP contribution is -2.48. The zero-order valence-electron chi connectivity index (χ0n) is 19.6. The molecule has 5 heterocycles. The number of hydrogen-bond acceptors (Lipinski definition) is 7. The number of nitrogens with one attached hydrogen (secondary N) is 1. The van der Waals surface area contributed by atoms with Crippen molar-refractivity contribution in [2.24, 2.45) is 5.73 Å². The highest BCUT2D eigenvalue weighted by Crippen LogP contribution is 2.29. The number of hydrogen-bond donors (Lipinski definition) is 2. The minimum absolute atomic E-state index is 0.0134. The van der Waals surface area contributed by atoms with Crippen LogP contribution in [0.2, 0.25) is 0 Å². The van der Waals surface area contributed by atoms with Crippen LogP contribution in [0.4, 0.5) is 17.5 Å². The predicted molar refractivity (Wildman–Crippen MR) is 132 cm³/mol. The molecule has 0 bridgehead atoms. The molecule has 1 atom stereocenters. The lowest BCUT2D eigenvalue weighted by molar-refractivity contribution is -0.120. The van der Waals surface area contributed by atoms with E-state index in [1.54, 1.807) is 17.3 Å². The molecule has 1 unspecified atom stereocenters. The van der Waals surface area contributed by atoms with Crippen LogP contribution in [0.5, 0.6) is 0 Å². The molecule has 0 aliphatic carbocycles. The predicted octanol–water partition coefficient (Wildman–Crippen LogP) is 3.68. The van der Waals surface area contributed by atoms with Gasteiger partial charge in [-0.1, -0.05) is 20.8 Å². The molecule has 9 heteroatoms. The van der Waals surface area contributed by atoms with Gasteiger partial charge in [-0.2, -0.15) is 5.10 Å². The smallest absolute Gasteiger partial charge is 0.243 e. The fourth-order valence-electron chi connectivity index (χ4n) is 4.19. The third-order valence-corrected chi connectivity index (χ3v) is 6.06. The van der Waals surface area contributed by atoms with Crippen molar-refractivity contribution < 1.29 is 4.79 Å². The molecule has 1 amide bonds. The molecule has 4 aromatic rings. The summed E-state index contributed by atoms with van der Waals surface area (Å²) < 4.78 is 1.88. The number of pyridine rings is 2. The van der Waals surface area contributed by atoms with Gasteiger partial charge in [0.1, 0.15) is 5.82 Å². The van der Waals surface area contributed by atoms with Crippen molar-refractivity contribution in [2.75, 3.05) is 16.8 Å². The number of nitrogens with two attached hydrogens (primary N) is 1. The monoisotopic (exact) mass is 456 g/mol. The summed E-state index contributed by atoms with van der Waals surface area (Å²) in [5, 5.41) is 7.63. The molecule has 0 saturated carbocycles. The van der Waals surface area contributed by atoms with Gasteiger partial charge >= 0.3 is 0 Å². The Labute approximate surface area is 198 Å². The van der Waals surface area contributed by atoms with Gasteiger partial charge in [0.2, 0.25) is 11.9 Å². The summed E-state index contributed by atoms with van der Waals surface area (Å²) in [5.41, 5.74) is 10.6. The fourth-order valence-corrected chi connectivity index (χ4v) is 4.19. The second-order valence-electron chi connectivity index (χ2n) is 9.58. The van der Waals surface area contributed by atoms with Crippen LogP contribution in [-0.4, -0.2) is 43.1 Å². The minimum atomic E-state index is -0.441. The summed E-state index contributed by atoms with van der Waals surface area (Å²) >= 11 is 0. The fraction of sp³-hybridized carbons (Fsp3) is 0.320. The van der Waals surface area contributed by atoms with Gasteiger partial charge in [-0.05, 0) is 48.6 Å². The first-order chi connectivity index (χ1) is 16.3. The highest BCUT2D eigenvalue weighted by molar-refractivity contribution is 5.97. The SMILES string of the molecule is CC(C)(C)c1cnn2ccc(-c3ccnc(Nc4ccc(N5CCCC(N)C5=O)cn4)n3)cc12. The molecule has 3 N–H and O–H groups in total. The van der Waals surface area contributed by atoms with Gasteiger partial charge < -0.3 is 16.0 Å². The van der Waals surface area contributed by atoms with Gasteiger partial charge in [0, 0.05) is 30.1 Å². The molecule has 1 saturated heterocycles. The summed E-state index contributed by atoms with van der Waals surface area (Å²) in [4.78, 5) is 27.5. The second kappa shape index (κ2) is 8.49. The van der Waals surface area contributed by atoms with Crippen molar-refractivity contribution in [1.29, 1.82) is 0 Å². The van der Waals surface area contributed by atoms with E-state index in [1.165, 1.54) is 5.56 Å². The van der Waals surface area contributed by atoms with E-state index in [4.69, 9.17) is 5.73 Å². The van der Waals surface area contributed by atoms with Crippen molar-refractivity contribution >= 4 is 28.9 Å². The number of carbonyl (C=O) groups excluding carboxylic acids is 1. The molecule has 0 aromatic carbocycles. The maximum Gasteiger partial charge on any atom is 0.243 e. The zero-order valence-corrected chi connectivity index (χ0v) is 19.6. The number of carbonyl (C=O) groups is 1. The van der Waals surface area contributed by atoms with Gasteiger partial charge in [-0.3, -0.25) is 4.79 Å². The summed E-state index contributed by atoms with van der Waals surface area (Å²) in [6.45, 7) is 7.19. The summed E-state index contributed by atoms with van der Waals surface area (Å²) in [5.74, 6) is 0.976. The van der Waals surface area contributed by atoms with Crippen molar-refractivity contribution in [3.63, 3.8) is 0 Å². The standard InChI is InChI=1S/C25H28N8O/c1-25(2,3)18-15-29-33-12-9-16(13-21(18)33)20-8-10-27-24(30-20)31-22-7-6-17(14-28-22)32-11-4-5-19(26)23(32)34/h6-10,12-15,19H,4-5,11,26H2,1-3H3,(H,27,28,30,31). The lowest BCUT2D eigenvalue weighted by atomic mass is 9.88. The quantitative estimate of drug-likeness (QED) is 0.481. The molecular weight excluding hydrogens is 428 g/mol. The molecule has 1 fully saturated rings. The van der Waals surface area contributed by atoms with Gasteiger partial charge in [-0.15, -0.1) is 0 Å². The van der Waals surface area contributed by atoms with E-state index in [0.717, 1.165) is 35.3 Å². The first-order valence-corrected chi connectivity index (χ1v) is 11.4. The van der Waals surface area contributed by atoms with Crippen molar-refractivity contribution in [1.82, 2.24) is 24.6 Å². The molecule has 4 aromatic heterocycles. The van der Waals surface area contributed by atoms with Crippen LogP contribution in [-0.2, 0) is 10.2 Å². The first kappa shape index (κ1) is 22.0. The molecule has 34 heavy (non-hydrogen) atoms. The van der Waals surface area contributed by atoms with E-state index in [2.05, 4.69) is 52.2 Å². The van der Waals surface area contributed by atoms with E-state index in [9.17, 15) is 4.79 Å². The van der Waals surface area contributed by atoms with Gasteiger partial charge in [0.25, 0.3) is 0 Å². The Kier molecular flexibility index (Phi) is 5.49. The number of nitrogens with zero attached hydrogens (tertiary/aromatic N) is 6. The number of rotatable bonds is 4. The number of aromatic nitrogens is 5. The zero-order chi connectivity index (χ0) is 23.9. The van der Waals surface area contributed by atoms with Crippen LogP contribution in [0.1, 0.15) is 39.2 Å². The Hall–Kier alpha value is -3.85. The first-order valence-electron chi connectivity index (χ1n) is 11.4. The van der Waals surface area contributed by atoms with Crippen LogP contribution >= 0.6 is 0 Å². The van der Waals surface area contributed by atoms with Gasteiger partial charge in [-0.25, -0.2) is 19.5 Å². The van der Waals surface area contributed by atoms with E-state index >= 15 is 0 Å². The Morgan fingerprint density at radius 3 is 2.74 bits per heavy atom. The highest BCUT2D eigenvalue weighted by Gasteiger charge is 2.26. The number of piperidine rings is 1. The maximum atomic E-state index is 12.3. The molecule has 0 radical (unpaired) electrons. The molecule has 9 nitrogen and oxygen atoms in total. The second-order valence-corrected chi connectivity index (χ2v) is 9.58. The Bertz CT molecular complexity index is 1340.